The summed E-state index contributed by atoms with van der Waals surface area (Å²) in [6.07, 6.45) is 1.94. The Balaban J connectivity index is 0.00000176. The lowest BCUT2D eigenvalue weighted by Gasteiger charge is -2.02. The van der Waals surface area contributed by atoms with Crippen molar-refractivity contribution in [2.45, 2.75) is 6.54 Å². The predicted molar refractivity (Wildman–Crippen MR) is 84.0 cm³/mol. The van der Waals surface area contributed by atoms with Crippen LogP contribution in [0.5, 0.6) is 0 Å². The van der Waals surface area contributed by atoms with E-state index in [1.165, 1.54) is 6.07 Å². The van der Waals surface area contributed by atoms with Gasteiger partial charge in [0.2, 0.25) is 5.52 Å². The highest BCUT2D eigenvalue weighted by Gasteiger charge is 2.17. The number of pyridine rings is 1. The van der Waals surface area contributed by atoms with Crippen molar-refractivity contribution in [2.75, 3.05) is 0 Å². The molecule has 112 valence electrons. The molecule has 0 radical (unpaired) electrons. The van der Waals surface area contributed by atoms with Crippen molar-refractivity contribution in [3.63, 3.8) is 0 Å². The molecule has 3 rings (SSSR count). The molecule has 6 heteroatoms. The molecule has 0 spiro atoms. The van der Waals surface area contributed by atoms with Crippen LogP contribution in [0.25, 0.3) is 10.9 Å². The molecule has 0 bridgehead atoms. The summed E-state index contributed by atoms with van der Waals surface area (Å²) < 4.78 is 3.05. The van der Waals surface area contributed by atoms with Crippen molar-refractivity contribution >= 4 is 32.5 Å². The van der Waals surface area contributed by atoms with Gasteiger partial charge in [0, 0.05) is 28.2 Å². The van der Waals surface area contributed by atoms with Gasteiger partial charge in [-0.15, -0.1) is 0 Å². The number of non-ortho nitro benzene ring substituents is 1. The van der Waals surface area contributed by atoms with Crippen LogP contribution in [0.15, 0.2) is 65.3 Å². The van der Waals surface area contributed by atoms with Gasteiger partial charge in [0.05, 0.1) is 4.92 Å². The van der Waals surface area contributed by atoms with Crippen LogP contribution in [0, 0.1) is 10.1 Å². The number of nitro benzene ring substituents is 1. The molecule has 3 aromatic rings. The molecular weight excluding hydrogens is 412 g/mol. The number of halogens is 2. The lowest BCUT2D eigenvalue weighted by atomic mass is 10.1. The van der Waals surface area contributed by atoms with Gasteiger partial charge < -0.3 is 17.0 Å². The van der Waals surface area contributed by atoms with E-state index in [1.54, 1.807) is 12.1 Å². The summed E-state index contributed by atoms with van der Waals surface area (Å²) in [7, 11) is 0. The third-order valence-electron chi connectivity index (χ3n) is 3.36. The van der Waals surface area contributed by atoms with E-state index >= 15 is 0 Å². The van der Waals surface area contributed by atoms with E-state index < -0.39 is 0 Å². The van der Waals surface area contributed by atoms with Gasteiger partial charge in [-0.2, -0.15) is 4.57 Å². The highest BCUT2D eigenvalue weighted by Crippen LogP contribution is 2.22. The van der Waals surface area contributed by atoms with Gasteiger partial charge >= 0.3 is 0 Å². The molecule has 0 amide bonds. The van der Waals surface area contributed by atoms with Crippen molar-refractivity contribution in [3.05, 3.63) is 80.9 Å². The smallest absolute Gasteiger partial charge is 0.283 e. The standard InChI is InChI=1S/C16H12BrN2O2.BrH/c17-13-8-6-12(7-9-13)11-18-10-2-3-14-15(18)4-1-5-16(14)19(20)21;/h1-10H,11H2;1H/q+1;/p-1. The van der Waals surface area contributed by atoms with Crippen LogP contribution >= 0.6 is 15.9 Å². The van der Waals surface area contributed by atoms with E-state index in [4.69, 9.17) is 0 Å². The maximum Gasteiger partial charge on any atom is 0.283 e. The summed E-state index contributed by atoms with van der Waals surface area (Å²) in [6.45, 7) is 0.672. The maximum absolute atomic E-state index is 11.1. The Bertz CT molecular complexity index is 820. The molecule has 0 aliphatic carbocycles. The Morgan fingerprint density at radius 2 is 1.77 bits per heavy atom. The monoisotopic (exact) mass is 422 g/mol. The SMILES string of the molecule is O=[N+]([O-])c1cccc2c1ccc[n+]2Cc1ccc(Br)cc1.[Br-]. The Morgan fingerprint density at radius 3 is 2.45 bits per heavy atom. The van der Waals surface area contributed by atoms with Crippen molar-refractivity contribution < 1.29 is 26.5 Å². The minimum Gasteiger partial charge on any atom is -1.00 e. The third kappa shape index (κ3) is 3.34. The van der Waals surface area contributed by atoms with E-state index in [0.29, 0.717) is 11.9 Å². The van der Waals surface area contributed by atoms with Crippen LogP contribution < -0.4 is 21.5 Å². The zero-order valence-electron chi connectivity index (χ0n) is 11.4. The lowest BCUT2D eigenvalue weighted by Crippen LogP contribution is -3.00. The zero-order valence-corrected chi connectivity index (χ0v) is 14.6. The van der Waals surface area contributed by atoms with Gasteiger partial charge in [-0.3, -0.25) is 10.1 Å². The van der Waals surface area contributed by atoms with Gasteiger partial charge in [-0.1, -0.05) is 28.1 Å². The van der Waals surface area contributed by atoms with Crippen molar-refractivity contribution in [1.29, 1.82) is 0 Å². The van der Waals surface area contributed by atoms with Gasteiger partial charge in [-0.05, 0) is 24.3 Å². The van der Waals surface area contributed by atoms with E-state index in [9.17, 15) is 10.1 Å². The minimum atomic E-state index is -0.341. The number of benzene rings is 2. The first-order valence-corrected chi connectivity index (χ1v) is 7.24. The lowest BCUT2D eigenvalue weighted by molar-refractivity contribution is -0.662. The molecule has 1 heterocycles. The zero-order chi connectivity index (χ0) is 14.8. The fourth-order valence-corrected chi connectivity index (χ4v) is 2.63. The van der Waals surface area contributed by atoms with E-state index in [0.717, 1.165) is 15.6 Å². The van der Waals surface area contributed by atoms with Crippen LogP contribution in [0.4, 0.5) is 5.69 Å². The highest BCUT2D eigenvalue weighted by molar-refractivity contribution is 9.10. The molecular formula is C16H12Br2N2O2. The number of hydrogen-bond donors (Lipinski definition) is 0. The topological polar surface area (TPSA) is 47.0 Å². The molecule has 0 N–H and O–H groups in total. The summed E-state index contributed by atoms with van der Waals surface area (Å²) in [4.78, 5) is 10.8. The molecule has 0 aliphatic heterocycles. The Hall–Kier alpha value is -1.79. The van der Waals surface area contributed by atoms with Crippen molar-refractivity contribution in [3.8, 4) is 0 Å². The summed E-state index contributed by atoms with van der Waals surface area (Å²) >= 11 is 3.41. The largest absolute Gasteiger partial charge is 1.00 e. The van der Waals surface area contributed by atoms with Gasteiger partial charge in [0.25, 0.3) is 5.69 Å². The molecule has 4 nitrogen and oxygen atoms in total. The Labute approximate surface area is 146 Å². The van der Waals surface area contributed by atoms with Gasteiger partial charge in [0.15, 0.2) is 12.7 Å². The Morgan fingerprint density at radius 1 is 1.05 bits per heavy atom. The molecule has 0 unspecified atom stereocenters. The Kier molecular flexibility index (Phi) is 5.26. The molecule has 0 atom stereocenters. The number of hydrogen-bond acceptors (Lipinski definition) is 2. The third-order valence-corrected chi connectivity index (χ3v) is 3.89. The van der Waals surface area contributed by atoms with E-state index in [-0.39, 0.29) is 27.6 Å². The van der Waals surface area contributed by atoms with Crippen molar-refractivity contribution in [2.24, 2.45) is 0 Å². The minimum absolute atomic E-state index is 0. The quantitative estimate of drug-likeness (QED) is 0.356. The van der Waals surface area contributed by atoms with Crippen molar-refractivity contribution in [1.82, 2.24) is 0 Å². The molecule has 2 aromatic carbocycles. The highest BCUT2D eigenvalue weighted by atomic mass is 79.9. The van der Waals surface area contributed by atoms with Crippen LogP contribution in [-0.4, -0.2) is 4.92 Å². The normalized spacial score (nSPS) is 10.2. The molecule has 0 saturated carbocycles. The second kappa shape index (κ2) is 6.98. The number of rotatable bonds is 3. The van der Waals surface area contributed by atoms with E-state index in [2.05, 4.69) is 15.9 Å². The van der Waals surface area contributed by atoms with Crippen LogP contribution in [0.2, 0.25) is 0 Å². The summed E-state index contributed by atoms with van der Waals surface area (Å²) in [5, 5.41) is 11.8. The van der Waals surface area contributed by atoms with Crippen LogP contribution in [-0.2, 0) is 6.54 Å². The number of fused-ring (bicyclic) bond motifs is 1. The molecule has 0 saturated heterocycles. The summed E-state index contributed by atoms with van der Waals surface area (Å²) in [5.74, 6) is 0. The van der Waals surface area contributed by atoms with Gasteiger partial charge in [-0.25, -0.2) is 0 Å². The first kappa shape index (κ1) is 16.6. The first-order valence-electron chi connectivity index (χ1n) is 6.45. The second-order valence-electron chi connectivity index (χ2n) is 4.73. The first-order chi connectivity index (χ1) is 10.1. The predicted octanol–water partition coefficient (Wildman–Crippen LogP) is 0.850. The average Bonchev–Trinajstić information content (AvgIpc) is 2.49. The summed E-state index contributed by atoms with van der Waals surface area (Å²) in [5.41, 5.74) is 2.13. The molecule has 1 aromatic heterocycles. The van der Waals surface area contributed by atoms with E-state index in [1.807, 2.05) is 47.2 Å². The number of nitro groups is 1. The second-order valence-corrected chi connectivity index (χ2v) is 5.65. The van der Waals surface area contributed by atoms with Crippen LogP contribution in [0.1, 0.15) is 5.56 Å². The molecule has 0 fully saturated rings. The average molecular weight is 424 g/mol. The van der Waals surface area contributed by atoms with Gasteiger partial charge in [0.1, 0.15) is 5.39 Å². The fraction of sp³-hybridized carbons (Fsp3) is 0.0625. The molecule has 22 heavy (non-hydrogen) atoms. The molecule has 0 aliphatic rings. The number of nitrogens with zero attached hydrogens (tertiary/aromatic N) is 2. The number of aromatic nitrogens is 1. The van der Waals surface area contributed by atoms with Crippen LogP contribution in [0.3, 0.4) is 0 Å². The summed E-state index contributed by atoms with van der Waals surface area (Å²) in [6, 6.07) is 16.8. The maximum atomic E-state index is 11.1. The fourth-order valence-electron chi connectivity index (χ4n) is 2.37.